The summed E-state index contributed by atoms with van der Waals surface area (Å²) < 4.78 is 27.6. The monoisotopic (exact) mass is 304 g/mol. The van der Waals surface area contributed by atoms with Gasteiger partial charge in [-0.3, -0.25) is 4.68 Å². The van der Waals surface area contributed by atoms with Crippen LogP contribution in [0.5, 0.6) is 0 Å². The van der Waals surface area contributed by atoms with Crippen molar-refractivity contribution in [1.29, 1.82) is 0 Å². The molecule has 3 rings (SSSR count). The quantitative estimate of drug-likeness (QED) is 0.672. The van der Waals surface area contributed by atoms with Gasteiger partial charge in [-0.1, -0.05) is 11.6 Å². The summed E-state index contributed by atoms with van der Waals surface area (Å²) in [6, 6.07) is 12.0. The van der Waals surface area contributed by atoms with E-state index in [0.29, 0.717) is 16.4 Å². The smallest absolute Gasteiger partial charge is 0.123 e. The number of halogens is 3. The molecule has 0 aliphatic carbocycles. The Morgan fingerprint density at radius 1 is 0.857 bits per heavy atom. The Hall–Kier alpha value is -2.20. The Bertz CT molecular complexity index is 777. The number of hydrogen-bond acceptors (Lipinski definition) is 1. The number of hydrogen-bond donors (Lipinski definition) is 0. The zero-order valence-corrected chi connectivity index (χ0v) is 11.9. The maximum atomic E-state index is 13.0. The second kappa shape index (κ2) is 5.30. The number of aryl methyl sites for hydroxylation is 1. The van der Waals surface area contributed by atoms with E-state index in [1.807, 2.05) is 0 Å². The maximum absolute atomic E-state index is 13.0. The van der Waals surface area contributed by atoms with Gasteiger partial charge in [0.05, 0.1) is 10.7 Å². The summed E-state index contributed by atoms with van der Waals surface area (Å²) >= 11 is 6.41. The highest BCUT2D eigenvalue weighted by molar-refractivity contribution is 6.35. The van der Waals surface area contributed by atoms with Crippen LogP contribution in [0, 0.1) is 11.6 Å². The van der Waals surface area contributed by atoms with E-state index in [-0.39, 0.29) is 11.6 Å². The second-order valence-corrected chi connectivity index (χ2v) is 5.03. The van der Waals surface area contributed by atoms with E-state index < -0.39 is 0 Å². The molecule has 2 aromatic carbocycles. The first-order valence-electron chi connectivity index (χ1n) is 6.30. The largest absolute Gasteiger partial charge is 0.266 e. The molecule has 3 aromatic rings. The standard InChI is InChI=1S/C16H11ClF2N2/c1-21-16(11-4-8-13(19)9-5-11)14(17)15(20-21)10-2-6-12(18)7-3-10/h2-9H,1H3. The van der Waals surface area contributed by atoms with Crippen molar-refractivity contribution in [2.45, 2.75) is 0 Å². The summed E-state index contributed by atoms with van der Waals surface area (Å²) in [7, 11) is 1.76. The summed E-state index contributed by atoms with van der Waals surface area (Å²) in [5.74, 6) is -0.625. The maximum Gasteiger partial charge on any atom is 0.123 e. The lowest BCUT2D eigenvalue weighted by atomic mass is 10.1. The van der Waals surface area contributed by atoms with Gasteiger partial charge in [-0.2, -0.15) is 5.10 Å². The summed E-state index contributed by atoms with van der Waals surface area (Å²) in [5, 5.41) is 4.83. The molecule has 0 saturated carbocycles. The molecule has 106 valence electrons. The van der Waals surface area contributed by atoms with Crippen molar-refractivity contribution in [1.82, 2.24) is 9.78 Å². The van der Waals surface area contributed by atoms with Crippen molar-refractivity contribution in [3.8, 4) is 22.5 Å². The van der Waals surface area contributed by atoms with E-state index in [9.17, 15) is 8.78 Å². The van der Waals surface area contributed by atoms with Crippen LogP contribution in [0.3, 0.4) is 0 Å². The second-order valence-electron chi connectivity index (χ2n) is 4.65. The summed E-state index contributed by atoms with van der Waals surface area (Å²) in [6.07, 6.45) is 0. The lowest BCUT2D eigenvalue weighted by Gasteiger charge is -2.02. The molecule has 0 atom stereocenters. The fraction of sp³-hybridized carbons (Fsp3) is 0.0625. The van der Waals surface area contributed by atoms with Crippen LogP contribution in [0.25, 0.3) is 22.5 Å². The Morgan fingerprint density at radius 2 is 1.33 bits per heavy atom. The minimum absolute atomic E-state index is 0.309. The summed E-state index contributed by atoms with van der Waals surface area (Å²) in [4.78, 5) is 0. The van der Waals surface area contributed by atoms with Crippen LogP contribution in [-0.2, 0) is 7.05 Å². The molecule has 1 aromatic heterocycles. The van der Waals surface area contributed by atoms with Gasteiger partial charge in [0.15, 0.2) is 0 Å². The third-order valence-electron chi connectivity index (χ3n) is 3.22. The molecule has 0 amide bonds. The zero-order chi connectivity index (χ0) is 15.0. The molecule has 0 aliphatic rings. The molecule has 21 heavy (non-hydrogen) atoms. The zero-order valence-electron chi connectivity index (χ0n) is 11.1. The molecule has 0 aliphatic heterocycles. The van der Waals surface area contributed by atoms with Gasteiger partial charge in [0.2, 0.25) is 0 Å². The van der Waals surface area contributed by atoms with Crippen LogP contribution in [0.4, 0.5) is 8.78 Å². The summed E-state index contributed by atoms with van der Waals surface area (Å²) in [5.41, 5.74) is 2.75. The minimum Gasteiger partial charge on any atom is -0.266 e. The van der Waals surface area contributed by atoms with Crippen LogP contribution < -0.4 is 0 Å². The Morgan fingerprint density at radius 3 is 1.86 bits per heavy atom. The van der Waals surface area contributed by atoms with E-state index in [1.165, 1.54) is 24.3 Å². The van der Waals surface area contributed by atoms with Crippen LogP contribution >= 0.6 is 11.6 Å². The van der Waals surface area contributed by atoms with Gasteiger partial charge >= 0.3 is 0 Å². The van der Waals surface area contributed by atoms with E-state index in [0.717, 1.165) is 11.1 Å². The molecular formula is C16H11ClF2N2. The van der Waals surface area contributed by atoms with Gasteiger partial charge in [-0.15, -0.1) is 0 Å². The number of benzene rings is 2. The first kappa shape index (κ1) is 13.8. The van der Waals surface area contributed by atoms with Crippen molar-refractivity contribution < 1.29 is 8.78 Å². The Kier molecular flexibility index (Phi) is 3.47. The Labute approximate surface area is 125 Å². The van der Waals surface area contributed by atoms with Gasteiger partial charge in [-0.05, 0) is 48.5 Å². The van der Waals surface area contributed by atoms with Crippen molar-refractivity contribution in [2.24, 2.45) is 7.05 Å². The molecule has 5 heteroatoms. The fourth-order valence-electron chi connectivity index (χ4n) is 2.21. The molecule has 0 radical (unpaired) electrons. The van der Waals surface area contributed by atoms with Crippen LogP contribution in [0.1, 0.15) is 0 Å². The number of rotatable bonds is 2. The highest BCUT2D eigenvalue weighted by Gasteiger charge is 2.17. The molecule has 2 nitrogen and oxygen atoms in total. The molecule has 0 fully saturated rings. The van der Waals surface area contributed by atoms with Crippen molar-refractivity contribution in [2.75, 3.05) is 0 Å². The molecule has 0 unspecified atom stereocenters. The topological polar surface area (TPSA) is 17.8 Å². The number of aromatic nitrogens is 2. The SMILES string of the molecule is Cn1nc(-c2ccc(F)cc2)c(Cl)c1-c1ccc(F)cc1. The highest BCUT2D eigenvalue weighted by atomic mass is 35.5. The fourth-order valence-corrected chi connectivity index (χ4v) is 2.59. The van der Waals surface area contributed by atoms with Gasteiger partial charge < -0.3 is 0 Å². The molecule has 0 bridgehead atoms. The predicted octanol–water partition coefficient (Wildman–Crippen LogP) is 4.69. The van der Waals surface area contributed by atoms with Gasteiger partial charge in [-0.25, -0.2) is 8.78 Å². The van der Waals surface area contributed by atoms with Crippen LogP contribution in [-0.4, -0.2) is 9.78 Å². The van der Waals surface area contributed by atoms with Gasteiger partial charge in [0, 0.05) is 18.2 Å². The van der Waals surface area contributed by atoms with Crippen LogP contribution in [0.15, 0.2) is 48.5 Å². The average molecular weight is 305 g/mol. The van der Waals surface area contributed by atoms with E-state index in [1.54, 1.807) is 36.0 Å². The molecule has 1 heterocycles. The van der Waals surface area contributed by atoms with E-state index >= 15 is 0 Å². The van der Waals surface area contributed by atoms with Crippen molar-refractivity contribution >= 4 is 11.6 Å². The first-order chi connectivity index (χ1) is 10.1. The molecular weight excluding hydrogens is 294 g/mol. The van der Waals surface area contributed by atoms with Crippen molar-refractivity contribution in [3.63, 3.8) is 0 Å². The van der Waals surface area contributed by atoms with Gasteiger partial charge in [0.25, 0.3) is 0 Å². The first-order valence-corrected chi connectivity index (χ1v) is 6.68. The third kappa shape index (κ3) is 2.54. The minimum atomic E-state index is -0.315. The average Bonchev–Trinajstić information content (AvgIpc) is 2.76. The molecule has 0 spiro atoms. The third-order valence-corrected chi connectivity index (χ3v) is 3.58. The Balaban J connectivity index is 2.12. The lowest BCUT2D eigenvalue weighted by Crippen LogP contribution is -1.94. The molecule has 0 N–H and O–H groups in total. The van der Waals surface area contributed by atoms with E-state index in [2.05, 4.69) is 5.10 Å². The predicted molar refractivity (Wildman–Crippen MR) is 79.0 cm³/mol. The van der Waals surface area contributed by atoms with Crippen molar-refractivity contribution in [3.05, 3.63) is 65.2 Å². The highest BCUT2D eigenvalue weighted by Crippen LogP contribution is 2.35. The number of nitrogens with zero attached hydrogens (tertiary/aromatic N) is 2. The summed E-state index contributed by atoms with van der Waals surface area (Å²) in [6.45, 7) is 0. The van der Waals surface area contributed by atoms with Gasteiger partial charge in [0.1, 0.15) is 17.3 Å². The van der Waals surface area contributed by atoms with Crippen LogP contribution in [0.2, 0.25) is 5.02 Å². The normalized spacial score (nSPS) is 10.9. The van der Waals surface area contributed by atoms with E-state index in [4.69, 9.17) is 11.6 Å². The lowest BCUT2D eigenvalue weighted by molar-refractivity contribution is 0.627. The molecule has 0 saturated heterocycles.